The summed E-state index contributed by atoms with van der Waals surface area (Å²) in [5.74, 6) is 0.245. The van der Waals surface area contributed by atoms with Crippen LogP contribution in [0.1, 0.15) is 5.69 Å². The molecule has 2 heterocycles. The van der Waals surface area contributed by atoms with Crippen LogP contribution in [0.2, 0.25) is 0 Å². The Morgan fingerprint density at radius 1 is 1.14 bits per heavy atom. The van der Waals surface area contributed by atoms with Gasteiger partial charge < -0.3 is 14.9 Å². The third-order valence-electron chi connectivity index (χ3n) is 4.12. The first kappa shape index (κ1) is 14.8. The third-order valence-corrected chi connectivity index (χ3v) is 4.81. The predicted molar refractivity (Wildman–Crippen MR) is 88.7 cm³/mol. The lowest BCUT2D eigenvalue weighted by Crippen LogP contribution is -2.45. The summed E-state index contributed by atoms with van der Waals surface area (Å²) < 4.78 is 0.966. The summed E-state index contributed by atoms with van der Waals surface area (Å²) in [6.45, 7) is 5.56. The van der Waals surface area contributed by atoms with Crippen LogP contribution in [0, 0.1) is 0 Å². The van der Waals surface area contributed by atoms with Crippen LogP contribution in [-0.4, -0.2) is 59.7 Å². The number of aromatic nitrogens is 1. The fraction of sp³-hybridized carbons (Fsp3) is 0.438. The molecular weight excluding hydrogens is 330 g/mol. The molecule has 21 heavy (non-hydrogen) atoms. The molecule has 2 aromatic rings. The Balaban J connectivity index is 1.71. The number of phenolic OH excluding ortho intramolecular Hbond substituents is 1. The molecule has 1 aliphatic rings. The van der Waals surface area contributed by atoms with E-state index in [-0.39, 0.29) is 5.75 Å². The molecule has 0 bridgehead atoms. The van der Waals surface area contributed by atoms with Gasteiger partial charge in [0.1, 0.15) is 11.3 Å². The van der Waals surface area contributed by atoms with Crippen LogP contribution >= 0.6 is 15.9 Å². The van der Waals surface area contributed by atoms with Gasteiger partial charge in [-0.2, -0.15) is 0 Å². The van der Waals surface area contributed by atoms with E-state index in [0.29, 0.717) is 5.52 Å². The fourth-order valence-electron chi connectivity index (χ4n) is 2.69. The summed E-state index contributed by atoms with van der Waals surface area (Å²) in [5.41, 5.74) is 1.72. The van der Waals surface area contributed by atoms with Crippen LogP contribution < -0.4 is 0 Å². The standard InChI is InChI=1S/C16H20BrN3O/c1-19-8-10-20(11-9-19)7-6-12-2-3-13-14(17)4-5-15(21)16(13)18-12/h2-5,21H,6-11H2,1H3. The van der Waals surface area contributed by atoms with Crippen molar-refractivity contribution in [3.8, 4) is 5.75 Å². The number of phenols is 1. The molecule has 0 amide bonds. The van der Waals surface area contributed by atoms with Gasteiger partial charge in [-0.3, -0.25) is 0 Å². The lowest BCUT2D eigenvalue weighted by atomic mass is 10.1. The summed E-state index contributed by atoms with van der Waals surface area (Å²) in [5, 5.41) is 10.9. The highest BCUT2D eigenvalue weighted by Gasteiger charge is 2.14. The first-order valence-corrected chi connectivity index (χ1v) is 8.11. The van der Waals surface area contributed by atoms with E-state index in [1.165, 1.54) is 0 Å². The highest BCUT2D eigenvalue weighted by molar-refractivity contribution is 9.10. The van der Waals surface area contributed by atoms with Gasteiger partial charge in [0.2, 0.25) is 0 Å². The summed E-state index contributed by atoms with van der Waals surface area (Å²) in [6, 6.07) is 7.63. The van der Waals surface area contributed by atoms with Crippen molar-refractivity contribution in [2.45, 2.75) is 6.42 Å². The van der Waals surface area contributed by atoms with Crippen molar-refractivity contribution in [2.75, 3.05) is 39.8 Å². The maximum Gasteiger partial charge on any atom is 0.141 e. The number of pyridine rings is 1. The molecule has 1 aromatic heterocycles. The van der Waals surface area contributed by atoms with Gasteiger partial charge in [0.15, 0.2) is 0 Å². The molecule has 1 aliphatic heterocycles. The van der Waals surface area contributed by atoms with Gasteiger partial charge in [-0.05, 0) is 31.3 Å². The number of nitrogens with zero attached hydrogens (tertiary/aromatic N) is 3. The molecule has 0 atom stereocenters. The zero-order valence-corrected chi connectivity index (χ0v) is 13.8. The van der Waals surface area contributed by atoms with Crippen molar-refractivity contribution in [2.24, 2.45) is 0 Å². The number of hydrogen-bond donors (Lipinski definition) is 1. The zero-order chi connectivity index (χ0) is 14.8. The van der Waals surface area contributed by atoms with Gasteiger partial charge in [0.25, 0.3) is 0 Å². The molecule has 1 N–H and O–H groups in total. The largest absolute Gasteiger partial charge is 0.506 e. The second-order valence-electron chi connectivity index (χ2n) is 5.66. The number of likely N-dealkylation sites (N-methyl/N-ethyl adjacent to an activating group) is 1. The number of rotatable bonds is 3. The number of fused-ring (bicyclic) bond motifs is 1. The van der Waals surface area contributed by atoms with Crippen LogP contribution in [0.4, 0.5) is 0 Å². The van der Waals surface area contributed by atoms with Crippen LogP contribution in [0.3, 0.4) is 0 Å². The lowest BCUT2D eigenvalue weighted by molar-refractivity contribution is 0.155. The monoisotopic (exact) mass is 349 g/mol. The summed E-state index contributed by atoms with van der Waals surface area (Å²) in [4.78, 5) is 9.46. The summed E-state index contributed by atoms with van der Waals surface area (Å²) in [7, 11) is 2.17. The molecule has 0 aliphatic carbocycles. The zero-order valence-electron chi connectivity index (χ0n) is 12.2. The highest BCUT2D eigenvalue weighted by atomic mass is 79.9. The average Bonchev–Trinajstić information content (AvgIpc) is 2.50. The molecule has 4 nitrogen and oxygen atoms in total. The number of halogens is 1. The predicted octanol–water partition coefficient (Wildman–Crippen LogP) is 2.49. The van der Waals surface area contributed by atoms with E-state index in [0.717, 1.165) is 54.7 Å². The van der Waals surface area contributed by atoms with Gasteiger partial charge in [-0.15, -0.1) is 0 Å². The first-order chi connectivity index (χ1) is 10.1. The second-order valence-corrected chi connectivity index (χ2v) is 6.51. The SMILES string of the molecule is CN1CCN(CCc2ccc3c(Br)ccc(O)c3n2)CC1. The van der Waals surface area contributed by atoms with Crippen molar-refractivity contribution < 1.29 is 5.11 Å². The number of benzene rings is 1. The van der Waals surface area contributed by atoms with Crippen molar-refractivity contribution >= 4 is 26.8 Å². The van der Waals surface area contributed by atoms with Crippen molar-refractivity contribution in [1.29, 1.82) is 0 Å². The first-order valence-electron chi connectivity index (χ1n) is 7.31. The summed E-state index contributed by atoms with van der Waals surface area (Å²) in [6.07, 6.45) is 0.922. The minimum absolute atomic E-state index is 0.245. The maximum atomic E-state index is 9.97. The van der Waals surface area contributed by atoms with E-state index in [4.69, 9.17) is 0 Å². The van der Waals surface area contributed by atoms with Gasteiger partial charge in [-0.25, -0.2) is 4.98 Å². The van der Waals surface area contributed by atoms with Crippen LogP contribution in [0.25, 0.3) is 10.9 Å². The number of aromatic hydroxyl groups is 1. The van der Waals surface area contributed by atoms with E-state index in [1.54, 1.807) is 6.07 Å². The Hall–Kier alpha value is -1.17. The summed E-state index contributed by atoms with van der Waals surface area (Å²) >= 11 is 3.50. The van der Waals surface area contributed by atoms with E-state index >= 15 is 0 Å². The molecule has 5 heteroatoms. The van der Waals surface area contributed by atoms with Crippen molar-refractivity contribution in [1.82, 2.24) is 14.8 Å². The quantitative estimate of drug-likeness (QED) is 0.923. The van der Waals surface area contributed by atoms with Crippen LogP contribution in [0.15, 0.2) is 28.7 Å². The lowest BCUT2D eigenvalue weighted by Gasteiger charge is -2.32. The Labute approximate surface area is 133 Å². The Morgan fingerprint density at radius 2 is 1.90 bits per heavy atom. The van der Waals surface area contributed by atoms with E-state index in [2.05, 4.69) is 43.8 Å². The number of piperazine rings is 1. The van der Waals surface area contributed by atoms with Crippen LogP contribution in [-0.2, 0) is 6.42 Å². The van der Waals surface area contributed by atoms with Gasteiger partial charge in [-0.1, -0.05) is 15.9 Å². The molecular formula is C16H20BrN3O. The van der Waals surface area contributed by atoms with Gasteiger partial charge >= 0.3 is 0 Å². The van der Waals surface area contributed by atoms with Crippen LogP contribution in [0.5, 0.6) is 5.75 Å². The van der Waals surface area contributed by atoms with Crippen molar-refractivity contribution in [3.63, 3.8) is 0 Å². The van der Waals surface area contributed by atoms with E-state index < -0.39 is 0 Å². The smallest absolute Gasteiger partial charge is 0.141 e. The Morgan fingerprint density at radius 3 is 2.67 bits per heavy atom. The molecule has 0 unspecified atom stereocenters. The molecule has 1 saturated heterocycles. The molecule has 0 spiro atoms. The second kappa shape index (κ2) is 6.30. The molecule has 3 rings (SSSR count). The van der Waals surface area contributed by atoms with Gasteiger partial charge in [0, 0.05) is 54.7 Å². The fourth-order valence-corrected chi connectivity index (χ4v) is 3.14. The number of hydrogen-bond acceptors (Lipinski definition) is 4. The minimum Gasteiger partial charge on any atom is -0.506 e. The van der Waals surface area contributed by atoms with Crippen molar-refractivity contribution in [3.05, 3.63) is 34.4 Å². The Bertz CT molecular complexity index is 639. The third kappa shape index (κ3) is 3.36. The molecule has 1 aromatic carbocycles. The Kier molecular flexibility index (Phi) is 4.42. The van der Waals surface area contributed by atoms with Gasteiger partial charge in [0.05, 0.1) is 0 Å². The average molecular weight is 350 g/mol. The normalized spacial score (nSPS) is 17.4. The topological polar surface area (TPSA) is 39.6 Å². The molecule has 1 fully saturated rings. The maximum absolute atomic E-state index is 9.97. The highest BCUT2D eigenvalue weighted by Crippen LogP contribution is 2.29. The molecule has 112 valence electrons. The van der Waals surface area contributed by atoms with E-state index in [9.17, 15) is 5.11 Å². The minimum atomic E-state index is 0.245. The van der Waals surface area contributed by atoms with E-state index in [1.807, 2.05) is 12.1 Å². The molecule has 0 radical (unpaired) electrons. The molecule has 0 saturated carbocycles.